The minimum atomic E-state index is -0.232. The van der Waals surface area contributed by atoms with E-state index in [1.54, 1.807) is 17.0 Å². The number of carbonyl (C=O) groups excluding carboxylic acids is 1. The second-order valence-corrected chi connectivity index (χ2v) is 6.64. The van der Waals surface area contributed by atoms with Gasteiger partial charge in [-0.15, -0.1) is 0 Å². The van der Waals surface area contributed by atoms with Crippen molar-refractivity contribution in [3.63, 3.8) is 0 Å². The minimum absolute atomic E-state index is 0.0910. The van der Waals surface area contributed by atoms with Gasteiger partial charge in [-0.3, -0.25) is 0 Å². The lowest BCUT2D eigenvalue weighted by molar-refractivity contribution is 0.217. The molecule has 4 heteroatoms. The molecule has 0 aliphatic carbocycles. The molecule has 0 aromatic heterocycles. The molecule has 1 aliphatic heterocycles. The van der Waals surface area contributed by atoms with E-state index < -0.39 is 0 Å². The average molecular weight is 338 g/mol. The van der Waals surface area contributed by atoms with Crippen molar-refractivity contribution in [3.05, 3.63) is 71.6 Å². The number of amides is 2. The lowest BCUT2D eigenvalue weighted by Crippen LogP contribution is -2.37. The molecule has 0 bridgehead atoms. The van der Waals surface area contributed by atoms with Crippen molar-refractivity contribution >= 4 is 17.3 Å². The molecule has 2 aromatic carbocycles. The van der Waals surface area contributed by atoms with E-state index in [0.29, 0.717) is 19.0 Å². The predicted octanol–water partition coefficient (Wildman–Crippen LogP) is 5.27. The van der Waals surface area contributed by atoms with Gasteiger partial charge in [0, 0.05) is 18.8 Å². The zero-order valence-corrected chi connectivity index (χ0v) is 14.6. The van der Waals surface area contributed by atoms with Gasteiger partial charge in [0.2, 0.25) is 0 Å². The Morgan fingerprint density at radius 2 is 1.76 bits per heavy atom. The number of carbonyl (C=O) groups is 1. The van der Waals surface area contributed by atoms with Gasteiger partial charge in [-0.1, -0.05) is 44.2 Å². The maximum Gasteiger partial charge on any atom is 0.322 e. The summed E-state index contributed by atoms with van der Waals surface area (Å²) < 4.78 is 13.0. The van der Waals surface area contributed by atoms with Gasteiger partial charge in [0.05, 0.1) is 0 Å². The number of halogens is 1. The molecule has 0 atom stereocenters. The molecule has 3 nitrogen and oxygen atoms in total. The number of hydrogen-bond donors (Lipinski definition) is 1. The number of hydrogen-bond acceptors (Lipinski definition) is 1. The van der Waals surface area contributed by atoms with Crippen LogP contribution in [0.3, 0.4) is 0 Å². The number of urea groups is 1. The van der Waals surface area contributed by atoms with Gasteiger partial charge in [-0.25, -0.2) is 9.18 Å². The minimum Gasteiger partial charge on any atom is -0.320 e. The molecule has 1 heterocycles. The molecular formula is C21H23FN2O. The third-order valence-corrected chi connectivity index (χ3v) is 4.54. The summed E-state index contributed by atoms with van der Waals surface area (Å²) in [5, 5.41) is 2.95. The fourth-order valence-corrected chi connectivity index (χ4v) is 2.93. The van der Waals surface area contributed by atoms with Crippen LogP contribution in [0, 0.1) is 5.82 Å². The zero-order valence-electron chi connectivity index (χ0n) is 14.6. The van der Waals surface area contributed by atoms with Crippen LogP contribution in [0.4, 0.5) is 14.9 Å². The highest BCUT2D eigenvalue weighted by atomic mass is 19.1. The normalized spacial score (nSPS) is 14.4. The molecule has 0 saturated heterocycles. The van der Waals surface area contributed by atoms with E-state index in [4.69, 9.17) is 0 Å². The summed E-state index contributed by atoms with van der Waals surface area (Å²) in [5.74, 6) is 0.242. The van der Waals surface area contributed by atoms with Crippen molar-refractivity contribution in [2.75, 3.05) is 18.4 Å². The summed E-state index contributed by atoms with van der Waals surface area (Å²) in [5.41, 5.74) is 4.24. The summed E-state index contributed by atoms with van der Waals surface area (Å²) in [7, 11) is 0. The van der Waals surface area contributed by atoms with Crippen molar-refractivity contribution in [2.45, 2.75) is 26.2 Å². The highest BCUT2D eigenvalue weighted by Crippen LogP contribution is 2.23. The molecule has 2 aromatic rings. The van der Waals surface area contributed by atoms with Gasteiger partial charge in [-0.05, 0) is 53.3 Å². The van der Waals surface area contributed by atoms with Gasteiger partial charge in [0.25, 0.3) is 0 Å². The number of rotatable bonds is 3. The first kappa shape index (κ1) is 17.2. The lowest BCUT2D eigenvalue weighted by atomic mass is 10.00. The van der Waals surface area contributed by atoms with Crippen LogP contribution in [0.1, 0.15) is 37.3 Å². The highest BCUT2D eigenvalue weighted by molar-refractivity contribution is 5.90. The largest absolute Gasteiger partial charge is 0.322 e. The molecule has 0 spiro atoms. The summed E-state index contributed by atoms with van der Waals surface area (Å²) >= 11 is 0. The number of nitrogens with one attached hydrogen (secondary N) is 1. The first-order valence-electron chi connectivity index (χ1n) is 8.64. The maximum atomic E-state index is 13.0. The Morgan fingerprint density at radius 3 is 2.32 bits per heavy atom. The number of anilines is 1. The van der Waals surface area contributed by atoms with Crippen LogP contribution in [0.2, 0.25) is 0 Å². The molecule has 1 aliphatic rings. The highest BCUT2D eigenvalue weighted by Gasteiger charge is 2.18. The summed E-state index contributed by atoms with van der Waals surface area (Å²) in [6, 6.07) is 14.4. The maximum absolute atomic E-state index is 13.0. The Morgan fingerprint density at radius 1 is 1.08 bits per heavy atom. The quantitative estimate of drug-likeness (QED) is 0.812. The van der Waals surface area contributed by atoms with Crippen molar-refractivity contribution in [1.82, 2.24) is 4.90 Å². The Kier molecular flexibility index (Phi) is 5.17. The van der Waals surface area contributed by atoms with E-state index >= 15 is 0 Å². The van der Waals surface area contributed by atoms with Gasteiger partial charge in [0.1, 0.15) is 5.82 Å². The van der Waals surface area contributed by atoms with E-state index in [-0.39, 0.29) is 11.8 Å². The predicted molar refractivity (Wildman–Crippen MR) is 100 cm³/mol. The van der Waals surface area contributed by atoms with E-state index in [1.807, 2.05) is 30.3 Å². The fourth-order valence-electron chi connectivity index (χ4n) is 2.93. The Hall–Kier alpha value is -2.62. The molecule has 130 valence electrons. The van der Waals surface area contributed by atoms with Gasteiger partial charge in [0.15, 0.2) is 0 Å². The Labute approximate surface area is 148 Å². The van der Waals surface area contributed by atoms with Crippen molar-refractivity contribution < 1.29 is 9.18 Å². The van der Waals surface area contributed by atoms with Crippen molar-refractivity contribution in [2.24, 2.45) is 0 Å². The molecule has 1 N–H and O–H groups in total. The molecular weight excluding hydrogens is 315 g/mol. The van der Waals surface area contributed by atoms with Crippen LogP contribution in [0.5, 0.6) is 0 Å². The summed E-state index contributed by atoms with van der Waals surface area (Å²) in [6.45, 7) is 5.50. The molecule has 0 fully saturated rings. The van der Waals surface area contributed by atoms with Gasteiger partial charge >= 0.3 is 6.03 Å². The second-order valence-electron chi connectivity index (χ2n) is 6.64. The smallest absolute Gasteiger partial charge is 0.320 e. The molecule has 0 saturated carbocycles. The average Bonchev–Trinajstić information content (AvgIpc) is 2.63. The van der Waals surface area contributed by atoms with Gasteiger partial charge < -0.3 is 10.2 Å². The monoisotopic (exact) mass is 338 g/mol. The van der Waals surface area contributed by atoms with E-state index in [2.05, 4.69) is 19.2 Å². The third kappa shape index (κ3) is 4.27. The zero-order chi connectivity index (χ0) is 17.8. The van der Waals surface area contributed by atoms with E-state index in [1.165, 1.54) is 17.7 Å². The van der Waals surface area contributed by atoms with E-state index in [0.717, 1.165) is 23.2 Å². The van der Waals surface area contributed by atoms with Gasteiger partial charge in [-0.2, -0.15) is 0 Å². The molecule has 25 heavy (non-hydrogen) atoms. The number of benzene rings is 2. The SMILES string of the molecule is CC(C)c1ccc(NC(=O)N2CC=C(c3ccc(F)cc3)CC2)cc1. The second kappa shape index (κ2) is 7.51. The summed E-state index contributed by atoms with van der Waals surface area (Å²) in [4.78, 5) is 14.2. The van der Waals surface area contributed by atoms with Crippen LogP contribution in [0.15, 0.2) is 54.6 Å². The van der Waals surface area contributed by atoms with Crippen LogP contribution in [-0.2, 0) is 0 Å². The first-order chi connectivity index (χ1) is 12.0. The van der Waals surface area contributed by atoms with Crippen LogP contribution in [-0.4, -0.2) is 24.0 Å². The first-order valence-corrected chi connectivity index (χ1v) is 8.64. The Bertz CT molecular complexity index is 763. The molecule has 0 unspecified atom stereocenters. The fraction of sp³-hybridized carbons (Fsp3) is 0.286. The number of nitrogens with zero attached hydrogens (tertiary/aromatic N) is 1. The Balaban J connectivity index is 1.60. The molecule has 3 rings (SSSR count). The molecule has 2 amide bonds. The van der Waals surface area contributed by atoms with Crippen LogP contribution in [0.25, 0.3) is 5.57 Å². The standard InChI is InChI=1S/C21H23FN2O/c1-15(2)16-5-9-20(10-6-16)23-21(25)24-13-11-18(12-14-24)17-3-7-19(22)8-4-17/h3-11,15H,12-14H2,1-2H3,(H,23,25). The van der Waals surface area contributed by atoms with Crippen molar-refractivity contribution in [3.8, 4) is 0 Å². The molecule has 0 radical (unpaired) electrons. The topological polar surface area (TPSA) is 32.3 Å². The summed E-state index contributed by atoms with van der Waals surface area (Å²) in [6.07, 6.45) is 2.81. The van der Waals surface area contributed by atoms with Crippen molar-refractivity contribution in [1.29, 1.82) is 0 Å². The van der Waals surface area contributed by atoms with Crippen LogP contribution >= 0.6 is 0 Å². The van der Waals surface area contributed by atoms with E-state index in [9.17, 15) is 9.18 Å². The third-order valence-electron chi connectivity index (χ3n) is 4.54. The van der Waals surface area contributed by atoms with Crippen LogP contribution < -0.4 is 5.32 Å². The lowest BCUT2D eigenvalue weighted by Gasteiger charge is -2.27.